The SMILES string of the molecule is CC1(C)c2ccccc2-c2cc(N(c3ccc4c(c3)C(C)(C)c3ccccc3-4)c3cccc4c3oc3ccc5ccccc5c34)ccc21. The highest BCUT2D eigenvalue weighted by molar-refractivity contribution is 6.21. The van der Waals surface area contributed by atoms with Crippen molar-refractivity contribution in [2.45, 2.75) is 38.5 Å². The molecule has 0 saturated heterocycles. The summed E-state index contributed by atoms with van der Waals surface area (Å²) in [6, 6.07) is 51.3. The highest BCUT2D eigenvalue weighted by atomic mass is 16.3. The molecule has 0 aliphatic heterocycles. The van der Waals surface area contributed by atoms with E-state index < -0.39 is 0 Å². The van der Waals surface area contributed by atoms with Crippen LogP contribution in [0.4, 0.5) is 17.1 Å². The van der Waals surface area contributed by atoms with Gasteiger partial charge in [-0.25, -0.2) is 0 Å². The molecule has 2 aliphatic rings. The first-order chi connectivity index (χ1) is 23.3. The van der Waals surface area contributed by atoms with E-state index >= 15 is 0 Å². The molecular weight excluding hydrogens is 583 g/mol. The molecule has 0 radical (unpaired) electrons. The number of hydrogen-bond donors (Lipinski definition) is 0. The van der Waals surface area contributed by atoms with Crippen LogP contribution in [0.1, 0.15) is 49.9 Å². The maximum atomic E-state index is 6.84. The van der Waals surface area contributed by atoms with E-state index in [-0.39, 0.29) is 10.8 Å². The van der Waals surface area contributed by atoms with Gasteiger partial charge in [-0.15, -0.1) is 0 Å². The first-order valence-electron chi connectivity index (χ1n) is 16.9. The van der Waals surface area contributed by atoms with E-state index in [1.165, 1.54) is 60.7 Å². The Morgan fingerprint density at radius 3 is 1.88 bits per heavy atom. The van der Waals surface area contributed by atoms with Gasteiger partial charge in [0, 0.05) is 33.0 Å². The lowest BCUT2D eigenvalue weighted by atomic mass is 9.82. The van der Waals surface area contributed by atoms with E-state index in [9.17, 15) is 0 Å². The van der Waals surface area contributed by atoms with Crippen LogP contribution in [0.15, 0.2) is 144 Å². The van der Waals surface area contributed by atoms with Crippen LogP contribution >= 0.6 is 0 Å². The van der Waals surface area contributed by atoms with Crippen LogP contribution in [-0.2, 0) is 10.8 Å². The summed E-state index contributed by atoms with van der Waals surface area (Å²) in [5.74, 6) is 0. The third kappa shape index (κ3) is 3.58. The fourth-order valence-electron chi connectivity index (χ4n) is 8.84. The van der Waals surface area contributed by atoms with Gasteiger partial charge in [-0.2, -0.15) is 0 Å². The molecule has 2 aliphatic carbocycles. The Labute approximate surface area is 280 Å². The van der Waals surface area contributed by atoms with E-state index in [2.05, 4.69) is 172 Å². The van der Waals surface area contributed by atoms with Crippen molar-refractivity contribution in [2.24, 2.45) is 0 Å². The molecule has 48 heavy (non-hydrogen) atoms. The number of fused-ring (bicyclic) bond motifs is 11. The molecule has 0 N–H and O–H groups in total. The van der Waals surface area contributed by atoms with E-state index in [1.54, 1.807) is 0 Å². The minimum Gasteiger partial charge on any atom is -0.454 e. The van der Waals surface area contributed by atoms with Crippen LogP contribution in [0.3, 0.4) is 0 Å². The van der Waals surface area contributed by atoms with Gasteiger partial charge in [0.1, 0.15) is 5.58 Å². The summed E-state index contributed by atoms with van der Waals surface area (Å²) in [5.41, 5.74) is 15.7. The molecule has 1 heterocycles. The van der Waals surface area contributed by atoms with Crippen LogP contribution in [0.2, 0.25) is 0 Å². The summed E-state index contributed by atoms with van der Waals surface area (Å²) in [4.78, 5) is 2.42. The monoisotopic (exact) mass is 617 g/mol. The summed E-state index contributed by atoms with van der Waals surface area (Å²) in [7, 11) is 0. The minimum atomic E-state index is -0.112. The van der Waals surface area contributed by atoms with Crippen molar-refractivity contribution in [2.75, 3.05) is 4.90 Å². The summed E-state index contributed by atoms with van der Waals surface area (Å²) in [6.45, 7) is 9.39. The number of rotatable bonds is 3. The molecule has 0 atom stereocenters. The molecule has 8 aromatic rings. The Bertz CT molecular complexity index is 2630. The van der Waals surface area contributed by atoms with Crippen LogP contribution in [-0.4, -0.2) is 0 Å². The molecule has 0 saturated carbocycles. The average Bonchev–Trinajstić information content (AvgIpc) is 3.69. The number of anilines is 3. The molecule has 7 aromatic carbocycles. The fourth-order valence-corrected chi connectivity index (χ4v) is 8.84. The normalized spacial score (nSPS) is 15.0. The molecule has 2 nitrogen and oxygen atoms in total. The highest BCUT2D eigenvalue weighted by Gasteiger charge is 2.37. The number of benzene rings is 7. The zero-order valence-corrected chi connectivity index (χ0v) is 27.6. The predicted molar refractivity (Wildman–Crippen MR) is 201 cm³/mol. The molecule has 0 unspecified atom stereocenters. The molecule has 1 aromatic heterocycles. The van der Waals surface area contributed by atoms with Crippen molar-refractivity contribution in [3.63, 3.8) is 0 Å². The van der Waals surface area contributed by atoms with Gasteiger partial charge in [-0.05, 0) is 91.7 Å². The molecule has 0 fully saturated rings. The maximum absolute atomic E-state index is 6.84. The molecule has 0 amide bonds. The Balaban J connectivity index is 1.25. The molecule has 0 spiro atoms. The molecule has 10 rings (SSSR count). The Hall–Kier alpha value is -5.60. The van der Waals surface area contributed by atoms with E-state index in [0.717, 1.165) is 33.6 Å². The summed E-state index contributed by atoms with van der Waals surface area (Å²) >= 11 is 0. The second kappa shape index (κ2) is 9.49. The second-order valence-electron chi connectivity index (χ2n) is 14.6. The smallest absolute Gasteiger partial charge is 0.159 e. The lowest BCUT2D eigenvalue weighted by molar-refractivity contribution is 0.659. The average molecular weight is 618 g/mol. The van der Waals surface area contributed by atoms with Gasteiger partial charge in [-0.3, -0.25) is 0 Å². The Morgan fingerprint density at radius 1 is 0.458 bits per heavy atom. The van der Waals surface area contributed by atoms with Crippen molar-refractivity contribution >= 4 is 49.8 Å². The summed E-state index contributed by atoms with van der Waals surface area (Å²) in [6.07, 6.45) is 0. The first-order valence-corrected chi connectivity index (χ1v) is 16.9. The second-order valence-corrected chi connectivity index (χ2v) is 14.6. The fraction of sp³-hybridized carbons (Fsp3) is 0.130. The summed E-state index contributed by atoms with van der Waals surface area (Å²) < 4.78 is 6.84. The molecule has 0 bridgehead atoms. The van der Waals surface area contributed by atoms with Crippen molar-refractivity contribution < 1.29 is 4.42 Å². The third-order valence-corrected chi connectivity index (χ3v) is 11.3. The summed E-state index contributed by atoms with van der Waals surface area (Å²) in [5, 5.41) is 4.73. The largest absolute Gasteiger partial charge is 0.454 e. The molecular formula is C46H35NO. The van der Waals surface area contributed by atoms with Crippen LogP contribution in [0.25, 0.3) is 55.0 Å². The van der Waals surface area contributed by atoms with Crippen LogP contribution in [0, 0.1) is 0 Å². The van der Waals surface area contributed by atoms with Gasteiger partial charge in [0.2, 0.25) is 0 Å². The van der Waals surface area contributed by atoms with Gasteiger partial charge < -0.3 is 9.32 Å². The van der Waals surface area contributed by atoms with Crippen molar-refractivity contribution in [3.05, 3.63) is 162 Å². The topological polar surface area (TPSA) is 16.4 Å². The van der Waals surface area contributed by atoms with Crippen molar-refractivity contribution in [1.29, 1.82) is 0 Å². The number of furan rings is 1. The lowest BCUT2D eigenvalue weighted by Gasteiger charge is -2.29. The van der Waals surface area contributed by atoms with Crippen LogP contribution in [0.5, 0.6) is 0 Å². The van der Waals surface area contributed by atoms with E-state index in [4.69, 9.17) is 4.42 Å². The van der Waals surface area contributed by atoms with Crippen molar-refractivity contribution in [1.82, 2.24) is 0 Å². The third-order valence-electron chi connectivity index (χ3n) is 11.3. The molecule has 230 valence electrons. The van der Waals surface area contributed by atoms with Crippen molar-refractivity contribution in [3.8, 4) is 22.3 Å². The first kappa shape index (κ1) is 27.5. The quantitative estimate of drug-likeness (QED) is 0.196. The predicted octanol–water partition coefficient (Wildman–Crippen LogP) is 12.8. The minimum absolute atomic E-state index is 0.0571. The maximum Gasteiger partial charge on any atom is 0.159 e. The lowest BCUT2D eigenvalue weighted by Crippen LogP contribution is -2.17. The zero-order valence-electron chi connectivity index (χ0n) is 27.6. The van der Waals surface area contributed by atoms with Crippen LogP contribution < -0.4 is 4.90 Å². The van der Waals surface area contributed by atoms with Gasteiger partial charge in [-0.1, -0.05) is 131 Å². The molecule has 2 heteroatoms. The van der Waals surface area contributed by atoms with Gasteiger partial charge >= 0.3 is 0 Å². The van der Waals surface area contributed by atoms with E-state index in [1.807, 2.05) is 0 Å². The Kier molecular flexibility index (Phi) is 5.44. The standard InChI is InChI=1S/C46H35NO/c1-45(2)38-18-10-8-15-33(38)36-26-29(22-24-39(36)45)47(30-21-23-34-32-14-7-9-17-37(32)46(3,4)40(34)27-30)41-19-11-16-35-43-31-13-6-5-12-28(31)20-25-42(43)48-44(35)41/h5-27H,1-4H3. The van der Waals surface area contributed by atoms with Gasteiger partial charge in [0.05, 0.1) is 5.69 Å². The van der Waals surface area contributed by atoms with E-state index in [0.29, 0.717) is 0 Å². The van der Waals surface area contributed by atoms with Gasteiger partial charge in [0.15, 0.2) is 5.58 Å². The highest BCUT2D eigenvalue weighted by Crippen LogP contribution is 2.54. The van der Waals surface area contributed by atoms with Gasteiger partial charge in [0.25, 0.3) is 0 Å². The zero-order chi connectivity index (χ0) is 32.4. The number of nitrogens with zero attached hydrogens (tertiary/aromatic N) is 1. The number of para-hydroxylation sites is 1. The Morgan fingerprint density at radius 2 is 1.06 bits per heavy atom. The number of hydrogen-bond acceptors (Lipinski definition) is 2.